The van der Waals surface area contributed by atoms with Crippen LogP contribution in [0.1, 0.15) is 34.9 Å². The fraction of sp³-hybridized carbons (Fsp3) is 0.250. The molecule has 2 heterocycles. The minimum atomic E-state index is -0.238. The van der Waals surface area contributed by atoms with Gasteiger partial charge in [0, 0.05) is 35.6 Å². The molecule has 1 amide bonds. The number of nitrogens with zero attached hydrogens (tertiary/aromatic N) is 4. The van der Waals surface area contributed by atoms with Crippen molar-refractivity contribution in [3.63, 3.8) is 0 Å². The minimum absolute atomic E-state index is 0.238. The van der Waals surface area contributed by atoms with Gasteiger partial charge in [0.1, 0.15) is 18.1 Å². The summed E-state index contributed by atoms with van der Waals surface area (Å²) in [7, 11) is 1.63. The van der Waals surface area contributed by atoms with Crippen LogP contribution < -0.4 is 14.8 Å². The molecule has 0 aliphatic carbocycles. The Morgan fingerprint density at radius 3 is 2.64 bits per heavy atom. The maximum absolute atomic E-state index is 12.5. The second-order valence-corrected chi connectivity index (χ2v) is 8.45. The predicted molar refractivity (Wildman–Crippen MR) is 140 cm³/mol. The van der Waals surface area contributed by atoms with Crippen LogP contribution in [0.2, 0.25) is 0 Å². The third-order valence-corrected chi connectivity index (χ3v) is 5.95. The van der Waals surface area contributed by atoms with Gasteiger partial charge in [0.15, 0.2) is 0 Å². The van der Waals surface area contributed by atoms with Crippen molar-refractivity contribution in [2.45, 2.75) is 40.5 Å². The van der Waals surface area contributed by atoms with Crippen molar-refractivity contribution in [3.8, 4) is 11.5 Å². The lowest BCUT2D eigenvalue weighted by Gasteiger charge is -2.12. The number of aromatic nitrogens is 4. The van der Waals surface area contributed by atoms with Gasteiger partial charge in [0.25, 0.3) is 0 Å². The maximum atomic E-state index is 12.5. The zero-order valence-corrected chi connectivity index (χ0v) is 21.1. The number of amides is 1. The van der Waals surface area contributed by atoms with Crippen molar-refractivity contribution in [1.82, 2.24) is 19.6 Å². The van der Waals surface area contributed by atoms with Crippen molar-refractivity contribution in [1.29, 1.82) is 0 Å². The van der Waals surface area contributed by atoms with E-state index in [1.165, 1.54) is 6.08 Å². The van der Waals surface area contributed by atoms with Crippen LogP contribution in [0.4, 0.5) is 5.69 Å². The van der Waals surface area contributed by atoms with Crippen LogP contribution in [-0.4, -0.2) is 32.6 Å². The maximum Gasteiger partial charge on any atom is 0.248 e. The van der Waals surface area contributed by atoms with E-state index in [-0.39, 0.29) is 5.91 Å². The van der Waals surface area contributed by atoms with E-state index in [0.29, 0.717) is 18.8 Å². The largest absolute Gasteiger partial charge is 0.496 e. The number of methoxy groups -OCH3 is 1. The van der Waals surface area contributed by atoms with E-state index in [1.54, 1.807) is 24.1 Å². The molecule has 0 spiro atoms. The monoisotopic (exact) mass is 485 g/mol. The van der Waals surface area contributed by atoms with Gasteiger partial charge in [-0.1, -0.05) is 24.3 Å². The highest BCUT2D eigenvalue weighted by Gasteiger charge is 2.09. The average Bonchev–Trinajstić information content (AvgIpc) is 3.48. The van der Waals surface area contributed by atoms with E-state index >= 15 is 0 Å². The first kappa shape index (κ1) is 24.8. The molecule has 8 nitrogen and oxygen atoms in total. The molecule has 186 valence electrons. The van der Waals surface area contributed by atoms with Crippen molar-refractivity contribution in [2.75, 3.05) is 12.4 Å². The number of aryl methyl sites for hydroxylation is 2. The summed E-state index contributed by atoms with van der Waals surface area (Å²) in [4.78, 5) is 12.5. The Balaban J connectivity index is 1.37. The number of benzene rings is 2. The Kier molecular flexibility index (Phi) is 7.85. The number of rotatable bonds is 10. The van der Waals surface area contributed by atoms with Crippen LogP contribution in [-0.2, 0) is 24.5 Å². The third-order valence-electron chi connectivity index (χ3n) is 5.95. The van der Waals surface area contributed by atoms with Crippen LogP contribution in [0, 0.1) is 13.8 Å². The summed E-state index contributed by atoms with van der Waals surface area (Å²) in [6.07, 6.45) is 8.57. The number of para-hydroxylation sites is 1. The molecule has 2 aromatic carbocycles. The lowest BCUT2D eigenvalue weighted by molar-refractivity contribution is -0.111. The summed E-state index contributed by atoms with van der Waals surface area (Å²) in [5.41, 5.74) is 5.68. The summed E-state index contributed by atoms with van der Waals surface area (Å²) < 4.78 is 15.2. The number of carbonyl (C=O) groups is 1. The van der Waals surface area contributed by atoms with Gasteiger partial charge < -0.3 is 14.8 Å². The van der Waals surface area contributed by atoms with E-state index < -0.39 is 0 Å². The highest BCUT2D eigenvalue weighted by molar-refractivity contribution is 6.01. The number of carbonyl (C=O) groups excluding carboxylic acids is 1. The van der Waals surface area contributed by atoms with Gasteiger partial charge in [-0.05, 0) is 56.2 Å². The lowest BCUT2D eigenvalue weighted by Crippen LogP contribution is -2.07. The van der Waals surface area contributed by atoms with E-state index in [1.807, 2.05) is 73.4 Å². The molecule has 0 unspecified atom stereocenters. The van der Waals surface area contributed by atoms with Crippen LogP contribution in [0.3, 0.4) is 0 Å². The summed E-state index contributed by atoms with van der Waals surface area (Å²) in [5.74, 6) is 1.32. The molecule has 8 heteroatoms. The molecule has 0 atom stereocenters. The van der Waals surface area contributed by atoms with Gasteiger partial charge in [-0.25, -0.2) is 0 Å². The number of hydrogen-bond acceptors (Lipinski definition) is 5. The van der Waals surface area contributed by atoms with Crippen LogP contribution in [0.15, 0.2) is 67.1 Å². The normalized spacial score (nSPS) is 11.1. The van der Waals surface area contributed by atoms with E-state index in [9.17, 15) is 4.79 Å². The number of anilines is 1. The number of nitrogens with one attached hydrogen (secondary N) is 1. The molecule has 36 heavy (non-hydrogen) atoms. The first-order chi connectivity index (χ1) is 17.5. The van der Waals surface area contributed by atoms with Crippen LogP contribution in [0.25, 0.3) is 6.08 Å². The fourth-order valence-corrected chi connectivity index (χ4v) is 3.89. The van der Waals surface area contributed by atoms with Crippen LogP contribution >= 0.6 is 0 Å². The van der Waals surface area contributed by atoms with E-state index in [4.69, 9.17) is 9.47 Å². The molecule has 0 bridgehead atoms. The standard InChI is InChI=1S/C28H31N5O3/c1-5-33-21(3)24(15-30-33)17-32-18-25(16-29-32)31-28(34)13-11-22-10-12-27(35-4)23(14-22)19-36-26-9-7-6-8-20(26)2/h6-16,18H,5,17,19H2,1-4H3,(H,31,34)/b13-11+. The molecule has 0 aliphatic heterocycles. The topological polar surface area (TPSA) is 83.2 Å². The smallest absolute Gasteiger partial charge is 0.248 e. The second kappa shape index (κ2) is 11.4. The van der Waals surface area contributed by atoms with Crippen molar-refractivity contribution >= 4 is 17.7 Å². The zero-order chi connectivity index (χ0) is 25.5. The molecular formula is C28H31N5O3. The minimum Gasteiger partial charge on any atom is -0.496 e. The number of ether oxygens (including phenoxy) is 2. The van der Waals surface area contributed by atoms with Crippen molar-refractivity contribution < 1.29 is 14.3 Å². The molecule has 0 radical (unpaired) electrons. The third kappa shape index (κ3) is 6.02. The van der Waals surface area contributed by atoms with Crippen LogP contribution in [0.5, 0.6) is 11.5 Å². The summed E-state index contributed by atoms with van der Waals surface area (Å²) in [6, 6.07) is 13.6. The lowest BCUT2D eigenvalue weighted by atomic mass is 10.1. The van der Waals surface area contributed by atoms with Gasteiger partial charge in [-0.15, -0.1) is 0 Å². The SMILES string of the molecule is CCn1ncc(Cn2cc(NC(=O)/C=C/c3ccc(OC)c(COc4ccccc4C)c3)cn2)c1C. The predicted octanol–water partition coefficient (Wildman–Crippen LogP) is 5.00. The van der Waals surface area contributed by atoms with Gasteiger partial charge >= 0.3 is 0 Å². The molecule has 4 aromatic rings. The summed E-state index contributed by atoms with van der Waals surface area (Å²) in [5, 5.41) is 11.6. The first-order valence-electron chi connectivity index (χ1n) is 11.8. The second-order valence-electron chi connectivity index (χ2n) is 8.45. The Morgan fingerprint density at radius 2 is 1.89 bits per heavy atom. The molecule has 0 aliphatic rings. The quantitative estimate of drug-likeness (QED) is 0.320. The van der Waals surface area contributed by atoms with E-state index in [2.05, 4.69) is 22.4 Å². The number of hydrogen-bond donors (Lipinski definition) is 1. The Hall–Kier alpha value is -4.33. The van der Waals surface area contributed by atoms with Crippen molar-refractivity contribution in [3.05, 3.63) is 95.1 Å². The zero-order valence-electron chi connectivity index (χ0n) is 21.1. The molecule has 0 saturated carbocycles. The summed E-state index contributed by atoms with van der Waals surface area (Å²) >= 11 is 0. The fourth-order valence-electron chi connectivity index (χ4n) is 3.89. The summed E-state index contributed by atoms with van der Waals surface area (Å²) in [6.45, 7) is 7.89. The molecule has 2 aromatic heterocycles. The molecule has 1 N–H and O–H groups in total. The Bertz CT molecular complexity index is 1370. The van der Waals surface area contributed by atoms with Gasteiger partial charge in [0.2, 0.25) is 5.91 Å². The average molecular weight is 486 g/mol. The van der Waals surface area contributed by atoms with Crippen molar-refractivity contribution in [2.24, 2.45) is 0 Å². The Labute approximate surface area is 211 Å². The highest BCUT2D eigenvalue weighted by Crippen LogP contribution is 2.24. The molecule has 0 saturated heterocycles. The van der Waals surface area contributed by atoms with Gasteiger partial charge in [0.05, 0.1) is 31.7 Å². The Morgan fingerprint density at radius 1 is 1.06 bits per heavy atom. The van der Waals surface area contributed by atoms with E-state index in [0.717, 1.165) is 46.0 Å². The first-order valence-corrected chi connectivity index (χ1v) is 11.8. The van der Waals surface area contributed by atoms with Gasteiger partial charge in [-0.3, -0.25) is 14.2 Å². The highest BCUT2D eigenvalue weighted by atomic mass is 16.5. The molecule has 0 fully saturated rings. The molecular weight excluding hydrogens is 454 g/mol. The van der Waals surface area contributed by atoms with Gasteiger partial charge in [-0.2, -0.15) is 10.2 Å². The molecule has 4 rings (SSSR count).